The first-order valence-electron chi connectivity index (χ1n) is 11.2. The van der Waals surface area contributed by atoms with E-state index in [4.69, 9.17) is 30.8 Å². The number of para-hydroxylation sites is 1. The van der Waals surface area contributed by atoms with Crippen molar-refractivity contribution in [2.75, 3.05) is 0 Å². The minimum Gasteiger partial charge on any atom is -0.507 e. The van der Waals surface area contributed by atoms with E-state index in [1.165, 1.54) is 0 Å². The van der Waals surface area contributed by atoms with Crippen molar-refractivity contribution in [1.82, 2.24) is 29.4 Å². The molecule has 0 radical (unpaired) electrons. The van der Waals surface area contributed by atoms with E-state index in [-0.39, 0.29) is 5.75 Å². The standard InChI is InChI=1S/C26H17ClN6O3/c1-14-20-21(19-7-4-12-35-19)22-24-29-23(17-5-2-3-6-18(17)34)31-32(24)13-28-25(22)36-26(20)33(30-14)16-10-8-15(27)9-11-16/h2-13,21,34H,1H3. The summed E-state index contributed by atoms with van der Waals surface area (Å²) < 4.78 is 15.6. The van der Waals surface area contributed by atoms with Gasteiger partial charge in [-0.15, -0.1) is 5.10 Å². The normalized spacial score (nSPS) is 14.4. The van der Waals surface area contributed by atoms with Crippen molar-refractivity contribution in [3.05, 3.63) is 101 Å². The van der Waals surface area contributed by atoms with Crippen LogP contribution in [-0.4, -0.2) is 34.5 Å². The fraction of sp³-hybridized carbons (Fsp3) is 0.0769. The average molecular weight is 497 g/mol. The Balaban J connectivity index is 1.47. The van der Waals surface area contributed by atoms with Gasteiger partial charge in [-0.3, -0.25) is 0 Å². The third-order valence-corrected chi connectivity index (χ3v) is 6.52. The van der Waals surface area contributed by atoms with E-state index >= 15 is 0 Å². The van der Waals surface area contributed by atoms with Crippen LogP contribution in [0.1, 0.15) is 28.5 Å². The first kappa shape index (κ1) is 20.7. The van der Waals surface area contributed by atoms with Gasteiger partial charge in [0, 0.05) is 5.02 Å². The van der Waals surface area contributed by atoms with Crippen LogP contribution in [0.3, 0.4) is 0 Å². The second-order valence-electron chi connectivity index (χ2n) is 8.43. The quantitative estimate of drug-likeness (QED) is 0.343. The molecule has 1 N–H and O–H groups in total. The van der Waals surface area contributed by atoms with Crippen molar-refractivity contribution >= 4 is 17.2 Å². The van der Waals surface area contributed by atoms with Gasteiger partial charge in [0.05, 0.1) is 40.3 Å². The average Bonchev–Trinajstić information content (AvgIpc) is 3.63. The molecule has 5 heterocycles. The summed E-state index contributed by atoms with van der Waals surface area (Å²) in [6, 6.07) is 18.1. The van der Waals surface area contributed by atoms with Gasteiger partial charge in [0.15, 0.2) is 11.5 Å². The summed E-state index contributed by atoms with van der Waals surface area (Å²) in [6.07, 6.45) is 3.18. The lowest BCUT2D eigenvalue weighted by molar-refractivity contribution is 0.392. The lowest BCUT2D eigenvalue weighted by atomic mass is 9.88. The van der Waals surface area contributed by atoms with Crippen molar-refractivity contribution < 1.29 is 14.3 Å². The molecule has 10 heteroatoms. The first-order chi connectivity index (χ1) is 17.6. The maximum atomic E-state index is 10.4. The van der Waals surface area contributed by atoms with Gasteiger partial charge < -0.3 is 14.3 Å². The molecule has 0 bridgehead atoms. The van der Waals surface area contributed by atoms with E-state index in [9.17, 15) is 5.11 Å². The van der Waals surface area contributed by atoms with Crippen molar-refractivity contribution in [2.24, 2.45) is 0 Å². The first-order valence-corrected chi connectivity index (χ1v) is 11.6. The molecule has 1 aliphatic rings. The third-order valence-electron chi connectivity index (χ3n) is 6.26. The van der Waals surface area contributed by atoms with Gasteiger partial charge in [-0.05, 0) is 55.5 Å². The number of hydrogen-bond donors (Lipinski definition) is 1. The van der Waals surface area contributed by atoms with E-state index < -0.39 is 5.92 Å². The highest BCUT2D eigenvalue weighted by Crippen LogP contribution is 2.50. The van der Waals surface area contributed by atoms with Crippen LogP contribution in [0.15, 0.2) is 77.7 Å². The van der Waals surface area contributed by atoms with Gasteiger partial charge in [-0.25, -0.2) is 19.2 Å². The third kappa shape index (κ3) is 3.03. The largest absolute Gasteiger partial charge is 0.507 e. The molecule has 0 aliphatic carbocycles. The topological polar surface area (TPSA) is 104 Å². The summed E-state index contributed by atoms with van der Waals surface area (Å²) in [4.78, 5) is 9.35. The highest BCUT2D eigenvalue weighted by atomic mass is 35.5. The minimum absolute atomic E-state index is 0.0939. The number of furan rings is 1. The molecule has 1 aliphatic heterocycles. The summed E-state index contributed by atoms with van der Waals surface area (Å²) in [5.41, 5.74) is 4.19. The predicted molar refractivity (Wildman–Crippen MR) is 131 cm³/mol. The van der Waals surface area contributed by atoms with Crippen LogP contribution in [0.4, 0.5) is 0 Å². The Morgan fingerprint density at radius 1 is 0.972 bits per heavy atom. The number of rotatable bonds is 3. The van der Waals surface area contributed by atoms with Gasteiger partial charge in [0.25, 0.3) is 0 Å². The Bertz CT molecular complexity index is 1760. The van der Waals surface area contributed by atoms with Crippen LogP contribution >= 0.6 is 11.6 Å². The van der Waals surface area contributed by atoms with Crippen LogP contribution in [0.25, 0.3) is 22.7 Å². The maximum absolute atomic E-state index is 10.4. The molecule has 176 valence electrons. The zero-order valence-electron chi connectivity index (χ0n) is 18.8. The number of phenols is 1. The van der Waals surface area contributed by atoms with E-state index in [2.05, 4.69) is 10.1 Å². The Kier molecular flexibility index (Phi) is 4.43. The number of halogens is 1. The summed E-state index contributed by atoms with van der Waals surface area (Å²) >= 11 is 6.10. The van der Waals surface area contributed by atoms with Crippen molar-refractivity contribution in [3.63, 3.8) is 0 Å². The molecule has 0 saturated carbocycles. The fourth-order valence-electron chi connectivity index (χ4n) is 4.65. The number of aromatic hydroxyl groups is 1. The number of ether oxygens (including phenoxy) is 1. The molecular formula is C26H17ClN6O3. The second-order valence-corrected chi connectivity index (χ2v) is 8.86. The Morgan fingerprint density at radius 3 is 2.58 bits per heavy atom. The van der Waals surface area contributed by atoms with Gasteiger partial charge in [-0.1, -0.05) is 23.7 Å². The van der Waals surface area contributed by atoms with Crippen molar-refractivity contribution in [3.8, 4) is 34.6 Å². The highest BCUT2D eigenvalue weighted by molar-refractivity contribution is 6.30. The van der Waals surface area contributed by atoms with E-state index in [1.54, 1.807) is 52.1 Å². The molecule has 0 amide bonds. The molecule has 1 atom stereocenters. The highest BCUT2D eigenvalue weighted by Gasteiger charge is 2.39. The molecule has 4 aromatic heterocycles. The number of hydrogen-bond acceptors (Lipinski definition) is 7. The molecule has 0 fully saturated rings. The summed E-state index contributed by atoms with van der Waals surface area (Å²) in [5, 5.41) is 20.3. The monoisotopic (exact) mass is 496 g/mol. The number of fused-ring (bicyclic) bond motifs is 4. The number of aryl methyl sites for hydroxylation is 1. The predicted octanol–water partition coefficient (Wildman–Crippen LogP) is 5.52. The van der Waals surface area contributed by atoms with Crippen LogP contribution in [-0.2, 0) is 0 Å². The van der Waals surface area contributed by atoms with Gasteiger partial charge in [-0.2, -0.15) is 5.10 Å². The van der Waals surface area contributed by atoms with Crippen molar-refractivity contribution in [2.45, 2.75) is 12.8 Å². The zero-order chi connectivity index (χ0) is 24.4. The SMILES string of the molecule is Cc1nn(-c2ccc(Cl)cc2)c2c1C(c1ccco1)c1c(ncn3nc(-c4ccccc4O)nc13)O2. The zero-order valence-corrected chi connectivity index (χ0v) is 19.6. The molecule has 6 aromatic rings. The van der Waals surface area contributed by atoms with E-state index in [0.717, 1.165) is 16.9 Å². The molecular weight excluding hydrogens is 480 g/mol. The number of nitrogens with zero attached hydrogens (tertiary/aromatic N) is 6. The van der Waals surface area contributed by atoms with Crippen molar-refractivity contribution in [1.29, 1.82) is 0 Å². The van der Waals surface area contributed by atoms with Crippen LogP contribution in [0.2, 0.25) is 5.02 Å². The molecule has 0 saturated heterocycles. The second kappa shape index (κ2) is 7.69. The Hall–Kier alpha value is -4.63. The number of phenolic OH excluding ortho intramolecular Hbond substituents is 1. The van der Waals surface area contributed by atoms with Crippen LogP contribution < -0.4 is 4.74 Å². The number of aromatic nitrogens is 6. The van der Waals surface area contributed by atoms with Gasteiger partial charge >= 0.3 is 0 Å². The smallest absolute Gasteiger partial charge is 0.230 e. The summed E-state index contributed by atoms with van der Waals surface area (Å²) in [7, 11) is 0. The minimum atomic E-state index is -0.391. The fourth-order valence-corrected chi connectivity index (χ4v) is 4.78. The van der Waals surface area contributed by atoms with E-state index in [0.29, 0.717) is 45.1 Å². The summed E-state index contributed by atoms with van der Waals surface area (Å²) in [5.74, 6) is 1.69. The molecule has 0 spiro atoms. The Labute approximate surface area is 209 Å². The van der Waals surface area contributed by atoms with Gasteiger partial charge in [0.1, 0.15) is 17.8 Å². The Morgan fingerprint density at radius 2 is 1.81 bits per heavy atom. The lowest BCUT2D eigenvalue weighted by Gasteiger charge is -2.24. The van der Waals surface area contributed by atoms with Gasteiger partial charge in [0.2, 0.25) is 11.8 Å². The molecule has 9 nitrogen and oxygen atoms in total. The molecule has 1 unspecified atom stereocenters. The van der Waals surface area contributed by atoms with E-state index in [1.807, 2.05) is 37.3 Å². The van der Waals surface area contributed by atoms with Crippen LogP contribution in [0.5, 0.6) is 17.5 Å². The van der Waals surface area contributed by atoms with Crippen LogP contribution in [0, 0.1) is 6.92 Å². The lowest BCUT2D eigenvalue weighted by Crippen LogP contribution is -2.15. The number of benzene rings is 2. The molecule has 2 aromatic carbocycles. The molecule has 36 heavy (non-hydrogen) atoms. The maximum Gasteiger partial charge on any atom is 0.230 e. The summed E-state index contributed by atoms with van der Waals surface area (Å²) in [6.45, 7) is 1.93. The molecule has 7 rings (SSSR count).